The van der Waals surface area contributed by atoms with Crippen molar-refractivity contribution in [2.75, 3.05) is 10.2 Å². The van der Waals surface area contributed by atoms with Crippen LogP contribution in [-0.2, 0) is 26.3 Å². The zero-order valence-corrected chi connectivity index (χ0v) is 22.5. The third-order valence-corrected chi connectivity index (χ3v) is 8.85. The summed E-state index contributed by atoms with van der Waals surface area (Å²) in [5.41, 5.74) is 3.30. The van der Waals surface area contributed by atoms with E-state index in [4.69, 9.17) is 11.6 Å². The molecule has 1 spiro atoms. The van der Waals surface area contributed by atoms with Crippen LogP contribution in [0.15, 0.2) is 66.9 Å². The molecule has 0 radical (unpaired) electrons. The van der Waals surface area contributed by atoms with Crippen molar-refractivity contribution in [3.05, 3.63) is 94.1 Å². The SMILES string of the molecule is CC(=O)c1ccc(N2C(=O)[C@@H]3C(Cc4c[nH]c5ccccc45)NC4(C(=O)Nc5c(C)cc(Cl)cc54)[C@@H]3C2=O)cc1. The largest absolute Gasteiger partial charge is 0.361 e. The van der Waals surface area contributed by atoms with E-state index in [0.29, 0.717) is 33.9 Å². The van der Waals surface area contributed by atoms with Gasteiger partial charge in [0.05, 0.1) is 17.5 Å². The number of aromatic amines is 1. The molecule has 4 heterocycles. The van der Waals surface area contributed by atoms with Crippen molar-refractivity contribution in [3.8, 4) is 0 Å². The number of ketones is 1. The van der Waals surface area contributed by atoms with Crippen LogP contribution in [0, 0.1) is 18.8 Å². The van der Waals surface area contributed by atoms with Gasteiger partial charge in [-0.1, -0.05) is 29.8 Å². The maximum atomic E-state index is 14.2. The number of imide groups is 1. The van der Waals surface area contributed by atoms with Gasteiger partial charge in [-0.25, -0.2) is 4.90 Å². The third-order valence-electron chi connectivity index (χ3n) is 8.63. The van der Waals surface area contributed by atoms with E-state index in [-0.39, 0.29) is 17.6 Å². The fourth-order valence-electron chi connectivity index (χ4n) is 6.85. The number of nitrogens with one attached hydrogen (secondary N) is 3. The number of H-pyrrole nitrogens is 1. The molecule has 2 unspecified atom stereocenters. The van der Waals surface area contributed by atoms with E-state index in [9.17, 15) is 19.2 Å². The van der Waals surface area contributed by atoms with Crippen LogP contribution in [0.3, 0.4) is 0 Å². The topological polar surface area (TPSA) is 111 Å². The molecule has 40 heavy (non-hydrogen) atoms. The molecule has 3 N–H and O–H groups in total. The molecule has 9 heteroatoms. The first-order valence-electron chi connectivity index (χ1n) is 13.1. The Kier molecular flexibility index (Phi) is 5.33. The summed E-state index contributed by atoms with van der Waals surface area (Å²) >= 11 is 6.47. The first kappa shape index (κ1) is 24.7. The summed E-state index contributed by atoms with van der Waals surface area (Å²) < 4.78 is 0. The average molecular weight is 553 g/mol. The minimum atomic E-state index is -1.47. The summed E-state index contributed by atoms with van der Waals surface area (Å²) in [5.74, 6) is -3.11. The Bertz CT molecular complexity index is 1780. The number of Topliss-reactive ketones (excluding diaryl/α,β-unsaturated/α-hetero) is 1. The molecule has 0 aliphatic carbocycles. The highest BCUT2D eigenvalue weighted by Crippen LogP contribution is 2.55. The van der Waals surface area contributed by atoms with Crippen LogP contribution in [0.4, 0.5) is 11.4 Å². The zero-order chi connectivity index (χ0) is 27.9. The molecular weight excluding hydrogens is 528 g/mol. The fraction of sp³-hybridized carbons (Fsp3) is 0.226. The van der Waals surface area contributed by atoms with Gasteiger partial charge in [-0.2, -0.15) is 0 Å². The Hall–Kier alpha value is -4.27. The van der Waals surface area contributed by atoms with Gasteiger partial charge in [0.2, 0.25) is 17.7 Å². The van der Waals surface area contributed by atoms with Gasteiger partial charge in [0.15, 0.2) is 5.78 Å². The number of benzene rings is 3. The van der Waals surface area contributed by atoms with Crippen molar-refractivity contribution in [2.45, 2.75) is 31.8 Å². The number of amides is 3. The molecule has 0 bridgehead atoms. The Morgan fingerprint density at radius 2 is 1.77 bits per heavy atom. The van der Waals surface area contributed by atoms with Gasteiger partial charge in [-0.15, -0.1) is 0 Å². The number of hydrogen-bond donors (Lipinski definition) is 3. The number of aryl methyl sites for hydroxylation is 1. The summed E-state index contributed by atoms with van der Waals surface area (Å²) in [6.07, 6.45) is 2.33. The van der Waals surface area contributed by atoms with E-state index in [2.05, 4.69) is 15.6 Å². The lowest BCUT2D eigenvalue weighted by molar-refractivity contribution is -0.130. The van der Waals surface area contributed by atoms with Crippen molar-refractivity contribution in [2.24, 2.45) is 11.8 Å². The van der Waals surface area contributed by atoms with Crippen LogP contribution >= 0.6 is 11.6 Å². The highest BCUT2D eigenvalue weighted by molar-refractivity contribution is 6.31. The van der Waals surface area contributed by atoms with E-state index in [0.717, 1.165) is 22.0 Å². The van der Waals surface area contributed by atoms with Crippen molar-refractivity contribution < 1.29 is 19.2 Å². The van der Waals surface area contributed by atoms with Crippen LogP contribution in [-0.4, -0.2) is 34.5 Å². The van der Waals surface area contributed by atoms with Gasteiger partial charge in [0.1, 0.15) is 5.54 Å². The average Bonchev–Trinajstić information content (AvgIpc) is 3.64. The second-order valence-corrected chi connectivity index (χ2v) is 11.3. The molecule has 4 aromatic rings. The van der Waals surface area contributed by atoms with Crippen molar-refractivity contribution in [3.63, 3.8) is 0 Å². The van der Waals surface area contributed by atoms with Crippen LogP contribution in [0.25, 0.3) is 10.9 Å². The molecule has 2 fully saturated rings. The van der Waals surface area contributed by atoms with Crippen molar-refractivity contribution >= 4 is 57.4 Å². The molecule has 3 aromatic carbocycles. The number of hydrogen-bond acceptors (Lipinski definition) is 5. The van der Waals surface area contributed by atoms with Gasteiger partial charge < -0.3 is 10.3 Å². The lowest BCUT2D eigenvalue weighted by Crippen LogP contribution is -2.53. The molecule has 200 valence electrons. The number of carbonyl (C=O) groups is 4. The zero-order valence-electron chi connectivity index (χ0n) is 21.7. The first-order valence-corrected chi connectivity index (χ1v) is 13.5. The monoisotopic (exact) mass is 552 g/mol. The number of rotatable bonds is 4. The smallest absolute Gasteiger partial charge is 0.250 e. The fourth-order valence-corrected chi connectivity index (χ4v) is 7.12. The number of fused-ring (bicyclic) bond motifs is 5. The number of carbonyl (C=O) groups excluding carboxylic acids is 4. The van der Waals surface area contributed by atoms with Gasteiger partial charge in [-0.05, 0) is 73.9 Å². The maximum Gasteiger partial charge on any atom is 0.250 e. The van der Waals surface area contributed by atoms with Crippen LogP contribution in [0.1, 0.15) is 34.0 Å². The Morgan fingerprint density at radius 3 is 2.52 bits per heavy atom. The summed E-state index contributed by atoms with van der Waals surface area (Å²) in [7, 11) is 0. The van der Waals surface area contributed by atoms with Gasteiger partial charge in [0.25, 0.3) is 0 Å². The van der Waals surface area contributed by atoms with Gasteiger partial charge in [-0.3, -0.25) is 24.5 Å². The number of para-hydroxylation sites is 1. The Morgan fingerprint density at radius 1 is 1.02 bits per heavy atom. The van der Waals surface area contributed by atoms with E-state index in [1.54, 1.807) is 36.4 Å². The number of halogens is 1. The summed E-state index contributed by atoms with van der Waals surface area (Å²) in [4.78, 5) is 58.5. The molecule has 3 amide bonds. The second-order valence-electron chi connectivity index (χ2n) is 10.8. The number of anilines is 2. The van der Waals surface area contributed by atoms with E-state index >= 15 is 0 Å². The summed E-state index contributed by atoms with van der Waals surface area (Å²) in [5, 5.41) is 7.92. The molecule has 3 aliphatic heterocycles. The molecule has 8 nitrogen and oxygen atoms in total. The van der Waals surface area contributed by atoms with E-state index in [1.165, 1.54) is 11.8 Å². The summed E-state index contributed by atoms with van der Waals surface area (Å²) in [6.45, 7) is 3.31. The predicted molar refractivity (Wildman–Crippen MR) is 151 cm³/mol. The normalized spacial score (nSPS) is 25.1. The lowest BCUT2D eigenvalue weighted by atomic mass is 9.76. The molecule has 7 rings (SSSR count). The summed E-state index contributed by atoms with van der Waals surface area (Å²) in [6, 6.07) is 17.3. The Labute approximate surface area is 234 Å². The molecular formula is C31H25ClN4O4. The van der Waals surface area contributed by atoms with Gasteiger partial charge >= 0.3 is 0 Å². The molecule has 3 aliphatic rings. The van der Waals surface area contributed by atoms with E-state index < -0.39 is 29.3 Å². The van der Waals surface area contributed by atoms with Crippen LogP contribution < -0.4 is 15.5 Å². The minimum Gasteiger partial charge on any atom is -0.361 e. The standard InChI is InChI=1S/C31H25ClN4O4/c1-15-11-19(32)13-22-27(15)34-30(40)31(22)26-25(24(35-31)12-18-14-33-23-6-4-3-5-21(18)23)28(38)36(29(26)39)20-9-7-17(8-10-20)16(2)37/h3-11,13-14,24-26,33,35H,12H2,1-2H3,(H,34,40)/t24?,25-,26+,31?/m1/s1. The highest BCUT2D eigenvalue weighted by atomic mass is 35.5. The second kappa shape index (κ2) is 8.61. The maximum absolute atomic E-state index is 14.2. The van der Waals surface area contributed by atoms with Crippen LogP contribution in [0.2, 0.25) is 5.02 Å². The molecule has 2 saturated heterocycles. The highest BCUT2D eigenvalue weighted by Gasteiger charge is 2.70. The van der Waals surface area contributed by atoms with Crippen LogP contribution in [0.5, 0.6) is 0 Å². The predicted octanol–water partition coefficient (Wildman–Crippen LogP) is 4.50. The molecule has 0 saturated carbocycles. The first-order chi connectivity index (χ1) is 19.2. The molecule has 4 atom stereocenters. The number of nitrogens with zero attached hydrogens (tertiary/aromatic N) is 1. The van der Waals surface area contributed by atoms with Crippen molar-refractivity contribution in [1.82, 2.24) is 10.3 Å². The third kappa shape index (κ3) is 3.29. The Balaban J connectivity index is 1.38. The minimum absolute atomic E-state index is 0.115. The van der Waals surface area contributed by atoms with E-state index in [1.807, 2.05) is 37.4 Å². The molecule has 1 aromatic heterocycles. The number of aromatic nitrogens is 1. The lowest BCUT2D eigenvalue weighted by Gasteiger charge is -2.29. The van der Waals surface area contributed by atoms with Gasteiger partial charge in [0, 0.05) is 45.0 Å². The van der Waals surface area contributed by atoms with Crippen molar-refractivity contribution in [1.29, 1.82) is 0 Å². The quantitative estimate of drug-likeness (QED) is 0.255.